The molecule has 1 aromatic rings. The van der Waals surface area contributed by atoms with Crippen LogP contribution in [0.5, 0.6) is 5.75 Å². The molecule has 2 rings (SSSR count). The third-order valence-corrected chi connectivity index (χ3v) is 4.87. The topological polar surface area (TPSA) is 81.9 Å². The van der Waals surface area contributed by atoms with Gasteiger partial charge in [-0.3, -0.25) is 4.84 Å². The number of benzene rings is 1. The van der Waals surface area contributed by atoms with Crippen molar-refractivity contribution in [3.05, 3.63) is 24.3 Å². The molecule has 0 aliphatic carbocycles. The fraction of sp³-hybridized carbons (Fsp3) is 0.455. The quantitative estimate of drug-likeness (QED) is 0.842. The normalized spacial score (nSPS) is 20.7. The lowest BCUT2D eigenvalue weighted by molar-refractivity contribution is -0.274. The summed E-state index contributed by atoms with van der Waals surface area (Å²) in [5.41, 5.74) is 0. The van der Waals surface area contributed by atoms with Gasteiger partial charge >= 0.3 is 6.36 Å². The number of halogens is 3. The molecule has 1 aliphatic heterocycles. The van der Waals surface area contributed by atoms with Crippen molar-refractivity contribution in [1.29, 1.82) is 0 Å². The van der Waals surface area contributed by atoms with Gasteiger partial charge in [-0.1, -0.05) is 0 Å². The summed E-state index contributed by atoms with van der Waals surface area (Å²) in [6.07, 6.45) is -4.74. The minimum atomic E-state index is -4.82. The Labute approximate surface area is 119 Å². The van der Waals surface area contributed by atoms with Gasteiger partial charge < -0.3 is 4.74 Å². The molecule has 1 aromatic carbocycles. The fourth-order valence-electron chi connectivity index (χ4n) is 1.99. The van der Waals surface area contributed by atoms with Crippen molar-refractivity contribution >= 4 is 10.0 Å². The van der Waals surface area contributed by atoms with Crippen molar-refractivity contribution in [3.8, 4) is 5.75 Å². The Kier molecular flexibility index (Phi) is 4.42. The second kappa shape index (κ2) is 5.79. The number of nitrogens with two attached hydrogens (primary N) is 1. The highest BCUT2D eigenvalue weighted by atomic mass is 32.2. The zero-order valence-electron chi connectivity index (χ0n) is 10.7. The summed E-state index contributed by atoms with van der Waals surface area (Å²) in [7, 11) is -3.78. The molecule has 0 radical (unpaired) electrons. The lowest BCUT2D eigenvalue weighted by Gasteiger charge is -2.16. The predicted molar refractivity (Wildman–Crippen MR) is 65.6 cm³/mol. The van der Waals surface area contributed by atoms with Crippen molar-refractivity contribution in [2.45, 2.75) is 23.8 Å². The number of alkyl halides is 3. The van der Waals surface area contributed by atoms with E-state index in [1.54, 1.807) is 0 Å². The van der Waals surface area contributed by atoms with E-state index in [9.17, 15) is 21.6 Å². The average molecular weight is 326 g/mol. The number of sulfonamides is 1. The third-order valence-electron chi connectivity index (χ3n) is 3.00. The zero-order valence-corrected chi connectivity index (χ0v) is 11.5. The van der Waals surface area contributed by atoms with E-state index in [-0.39, 0.29) is 24.1 Å². The molecule has 1 saturated heterocycles. The molecule has 1 atom stereocenters. The molecule has 0 spiro atoms. The Balaban J connectivity index is 2.14. The number of rotatable bonds is 4. The second-order valence-electron chi connectivity index (χ2n) is 4.43. The lowest BCUT2D eigenvalue weighted by atomic mass is 10.3. The van der Waals surface area contributed by atoms with Crippen molar-refractivity contribution in [3.63, 3.8) is 0 Å². The molecule has 6 nitrogen and oxygen atoms in total. The van der Waals surface area contributed by atoms with E-state index in [1.807, 2.05) is 0 Å². The highest BCUT2D eigenvalue weighted by molar-refractivity contribution is 7.89. The van der Waals surface area contributed by atoms with Crippen LogP contribution in [0, 0.1) is 0 Å². The van der Waals surface area contributed by atoms with Gasteiger partial charge in [-0.25, -0.2) is 14.3 Å². The molecule has 0 amide bonds. The summed E-state index contributed by atoms with van der Waals surface area (Å²) in [4.78, 5) is 4.48. The number of hydrogen-bond donors (Lipinski definition) is 1. The van der Waals surface area contributed by atoms with Crippen molar-refractivity contribution in [1.82, 2.24) is 4.31 Å². The van der Waals surface area contributed by atoms with Crippen LogP contribution in [0.2, 0.25) is 0 Å². The molecule has 1 heterocycles. The molecule has 1 fully saturated rings. The molecule has 0 saturated carbocycles. The maximum atomic E-state index is 12.3. The summed E-state index contributed by atoms with van der Waals surface area (Å²) in [5.74, 6) is 4.53. The summed E-state index contributed by atoms with van der Waals surface area (Å²) in [5, 5.41) is 0. The van der Waals surface area contributed by atoms with Crippen molar-refractivity contribution < 1.29 is 31.2 Å². The smallest absolute Gasteiger partial charge is 0.406 e. The molecule has 1 unspecified atom stereocenters. The molecular formula is C11H13F3N2O4S. The molecule has 0 bridgehead atoms. The van der Waals surface area contributed by atoms with Crippen LogP contribution in [0.25, 0.3) is 0 Å². The molecule has 1 aliphatic rings. The zero-order chi connectivity index (χ0) is 15.7. The van der Waals surface area contributed by atoms with Crippen LogP contribution in [-0.2, 0) is 14.9 Å². The van der Waals surface area contributed by atoms with Crippen LogP contribution in [0.15, 0.2) is 29.2 Å². The van der Waals surface area contributed by atoms with Gasteiger partial charge in [0.1, 0.15) is 5.75 Å². The SMILES string of the molecule is NOC1CCN(S(=O)(=O)c2ccc(OC(F)(F)F)cc2)C1. The predicted octanol–water partition coefficient (Wildman–Crippen LogP) is 1.24. The molecule has 118 valence electrons. The molecule has 2 N–H and O–H groups in total. The van der Waals surface area contributed by atoms with Gasteiger partial charge in [0, 0.05) is 13.1 Å². The van der Waals surface area contributed by atoms with Crippen LogP contribution in [0.3, 0.4) is 0 Å². The number of nitrogens with zero attached hydrogens (tertiary/aromatic N) is 1. The first-order valence-electron chi connectivity index (χ1n) is 5.94. The fourth-order valence-corrected chi connectivity index (χ4v) is 3.48. The van der Waals surface area contributed by atoms with E-state index in [0.717, 1.165) is 24.3 Å². The average Bonchev–Trinajstić information content (AvgIpc) is 2.87. The first-order valence-corrected chi connectivity index (χ1v) is 7.38. The molecule has 0 aromatic heterocycles. The molecule has 10 heteroatoms. The molecule has 21 heavy (non-hydrogen) atoms. The van der Waals surface area contributed by atoms with Crippen LogP contribution in [-0.4, -0.2) is 38.3 Å². The number of ether oxygens (including phenoxy) is 1. The summed E-state index contributed by atoms with van der Waals surface area (Å²) in [6.45, 7) is 0.352. The van der Waals surface area contributed by atoms with E-state index >= 15 is 0 Å². The Bertz CT molecular complexity index is 588. The maximum absolute atomic E-state index is 12.3. The van der Waals surface area contributed by atoms with Gasteiger partial charge in [-0.2, -0.15) is 4.31 Å². The largest absolute Gasteiger partial charge is 0.573 e. The van der Waals surface area contributed by atoms with E-state index in [2.05, 4.69) is 9.57 Å². The highest BCUT2D eigenvalue weighted by Gasteiger charge is 2.34. The Morgan fingerprint density at radius 3 is 2.33 bits per heavy atom. The Hall–Kier alpha value is -1.36. The Morgan fingerprint density at radius 1 is 1.24 bits per heavy atom. The van der Waals surface area contributed by atoms with Gasteiger partial charge in [0.15, 0.2) is 0 Å². The van der Waals surface area contributed by atoms with E-state index in [1.165, 1.54) is 4.31 Å². The van der Waals surface area contributed by atoms with Crippen molar-refractivity contribution in [2.24, 2.45) is 5.90 Å². The minimum Gasteiger partial charge on any atom is -0.406 e. The third kappa shape index (κ3) is 3.84. The van der Waals surface area contributed by atoms with E-state index in [0.29, 0.717) is 6.42 Å². The monoisotopic (exact) mass is 326 g/mol. The number of hydrogen-bond acceptors (Lipinski definition) is 5. The van der Waals surface area contributed by atoms with Gasteiger partial charge in [0.2, 0.25) is 10.0 Å². The van der Waals surface area contributed by atoms with Gasteiger partial charge in [-0.15, -0.1) is 13.2 Å². The van der Waals surface area contributed by atoms with Gasteiger partial charge in [-0.05, 0) is 30.7 Å². The lowest BCUT2D eigenvalue weighted by Crippen LogP contribution is -2.31. The standard InChI is InChI=1S/C11H13F3N2O4S/c12-11(13,14)19-8-1-3-10(4-2-8)21(17,18)16-6-5-9(7-16)20-15/h1-4,9H,5-7,15H2. The first-order chi connectivity index (χ1) is 9.72. The van der Waals surface area contributed by atoms with Crippen LogP contribution >= 0.6 is 0 Å². The first kappa shape index (κ1) is 16.0. The summed E-state index contributed by atoms with van der Waals surface area (Å²) >= 11 is 0. The van der Waals surface area contributed by atoms with Gasteiger partial charge in [0.05, 0.1) is 11.0 Å². The van der Waals surface area contributed by atoms with Crippen molar-refractivity contribution in [2.75, 3.05) is 13.1 Å². The maximum Gasteiger partial charge on any atom is 0.573 e. The Morgan fingerprint density at radius 2 is 1.86 bits per heavy atom. The van der Waals surface area contributed by atoms with Crippen LogP contribution in [0.4, 0.5) is 13.2 Å². The van der Waals surface area contributed by atoms with Crippen LogP contribution in [0.1, 0.15) is 6.42 Å². The van der Waals surface area contributed by atoms with E-state index < -0.39 is 22.1 Å². The highest BCUT2D eigenvalue weighted by Crippen LogP contribution is 2.26. The molecular weight excluding hydrogens is 313 g/mol. The van der Waals surface area contributed by atoms with Crippen LogP contribution < -0.4 is 10.6 Å². The van der Waals surface area contributed by atoms with Gasteiger partial charge in [0.25, 0.3) is 0 Å². The minimum absolute atomic E-state index is 0.111. The second-order valence-corrected chi connectivity index (χ2v) is 6.37. The summed E-state index contributed by atoms with van der Waals surface area (Å²) < 4.78 is 65.5. The summed E-state index contributed by atoms with van der Waals surface area (Å²) in [6, 6.07) is 4.03. The van der Waals surface area contributed by atoms with E-state index in [4.69, 9.17) is 5.90 Å².